The molecule has 3 aromatic rings. The van der Waals surface area contributed by atoms with Crippen LogP contribution in [0.15, 0.2) is 27.3 Å². The van der Waals surface area contributed by atoms with Crippen LogP contribution in [-0.4, -0.2) is 36.2 Å². The Morgan fingerprint density at radius 3 is 3.00 bits per heavy atom. The van der Waals surface area contributed by atoms with Crippen molar-refractivity contribution in [3.63, 3.8) is 0 Å². The molecule has 9 nitrogen and oxygen atoms in total. The summed E-state index contributed by atoms with van der Waals surface area (Å²) in [5.41, 5.74) is 0.444. The maximum absolute atomic E-state index is 11.0. The van der Waals surface area contributed by atoms with E-state index in [2.05, 4.69) is 20.5 Å². The predicted octanol–water partition coefficient (Wildman–Crippen LogP) is 1.23. The Labute approximate surface area is 118 Å². The van der Waals surface area contributed by atoms with E-state index in [9.17, 15) is 4.79 Å². The highest BCUT2D eigenvalue weighted by Crippen LogP contribution is 2.17. The number of carboxylic acid groups (broad SMARTS) is 1. The molecule has 9 heteroatoms. The lowest BCUT2D eigenvalue weighted by molar-refractivity contribution is 0.0689. The number of nitrogens with zero attached hydrogens (tertiary/aromatic N) is 5. The summed E-state index contributed by atoms with van der Waals surface area (Å²) in [5.74, 6) is -0.0265. The van der Waals surface area contributed by atoms with Gasteiger partial charge in [-0.1, -0.05) is 17.3 Å². The van der Waals surface area contributed by atoms with E-state index in [1.54, 1.807) is 12.1 Å². The van der Waals surface area contributed by atoms with Crippen LogP contribution in [0.3, 0.4) is 0 Å². The molecule has 0 spiro atoms. The first-order chi connectivity index (χ1) is 10.2. The minimum absolute atomic E-state index is 0.0627. The van der Waals surface area contributed by atoms with E-state index in [4.69, 9.17) is 14.0 Å². The lowest BCUT2D eigenvalue weighted by Gasteiger charge is -2.00. The van der Waals surface area contributed by atoms with Crippen molar-refractivity contribution in [2.75, 3.05) is 0 Å². The first-order valence-electron chi connectivity index (χ1n) is 6.21. The summed E-state index contributed by atoms with van der Waals surface area (Å²) < 4.78 is 11.7. The molecule has 0 saturated heterocycles. The molecular formula is C12H11N5O4. The molecule has 0 atom stereocenters. The van der Waals surface area contributed by atoms with Gasteiger partial charge in [0.2, 0.25) is 0 Å². The Kier molecular flexibility index (Phi) is 3.22. The van der Waals surface area contributed by atoms with Crippen molar-refractivity contribution in [1.82, 2.24) is 25.1 Å². The summed E-state index contributed by atoms with van der Waals surface area (Å²) in [5, 5.41) is 20.3. The highest BCUT2D eigenvalue weighted by atomic mass is 16.5. The SMILES string of the molecule is CCc1c(C(=O)O)nnn1Cc1noc(-c2ccco2)n1. The first kappa shape index (κ1) is 13.0. The van der Waals surface area contributed by atoms with Gasteiger partial charge in [0.1, 0.15) is 6.54 Å². The predicted molar refractivity (Wildman–Crippen MR) is 67.5 cm³/mol. The average Bonchev–Trinajstić information content (AvgIpc) is 3.18. The molecule has 3 aromatic heterocycles. The zero-order valence-corrected chi connectivity index (χ0v) is 11.1. The van der Waals surface area contributed by atoms with Crippen LogP contribution in [-0.2, 0) is 13.0 Å². The third-order valence-corrected chi connectivity index (χ3v) is 2.87. The quantitative estimate of drug-likeness (QED) is 0.744. The summed E-state index contributed by atoms with van der Waals surface area (Å²) in [6.45, 7) is 2.00. The van der Waals surface area contributed by atoms with Gasteiger partial charge < -0.3 is 14.0 Å². The monoisotopic (exact) mass is 289 g/mol. The van der Waals surface area contributed by atoms with Gasteiger partial charge in [0.05, 0.1) is 12.0 Å². The van der Waals surface area contributed by atoms with Gasteiger partial charge in [-0.3, -0.25) is 0 Å². The van der Waals surface area contributed by atoms with Gasteiger partial charge in [0.25, 0.3) is 5.89 Å². The summed E-state index contributed by atoms with van der Waals surface area (Å²) in [6, 6.07) is 3.41. The molecule has 0 radical (unpaired) electrons. The van der Waals surface area contributed by atoms with Crippen molar-refractivity contribution in [1.29, 1.82) is 0 Å². The molecule has 0 amide bonds. The molecule has 108 valence electrons. The number of aromatic nitrogens is 5. The third-order valence-electron chi connectivity index (χ3n) is 2.87. The minimum Gasteiger partial charge on any atom is -0.476 e. The first-order valence-corrected chi connectivity index (χ1v) is 6.21. The standard InChI is InChI=1S/C12H11N5O4/c1-2-7-10(12(18)19)14-16-17(7)6-9-13-11(21-15-9)8-4-3-5-20-8/h3-5H,2,6H2,1H3,(H,18,19). The van der Waals surface area contributed by atoms with Crippen molar-refractivity contribution < 1.29 is 18.8 Å². The van der Waals surface area contributed by atoms with Crippen LogP contribution < -0.4 is 0 Å². The minimum atomic E-state index is -1.11. The van der Waals surface area contributed by atoms with Crippen molar-refractivity contribution in [3.8, 4) is 11.7 Å². The molecule has 1 N–H and O–H groups in total. The van der Waals surface area contributed by atoms with Crippen LogP contribution >= 0.6 is 0 Å². The highest BCUT2D eigenvalue weighted by molar-refractivity contribution is 5.86. The van der Waals surface area contributed by atoms with Gasteiger partial charge in [-0.15, -0.1) is 5.10 Å². The molecule has 0 aliphatic rings. The Morgan fingerprint density at radius 2 is 2.33 bits per heavy atom. The average molecular weight is 289 g/mol. The molecule has 0 aliphatic heterocycles. The second-order valence-electron chi connectivity index (χ2n) is 4.19. The molecular weight excluding hydrogens is 278 g/mol. The van der Waals surface area contributed by atoms with Crippen LogP contribution in [0.1, 0.15) is 28.9 Å². The Morgan fingerprint density at radius 1 is 1.48 bits per heavy atom. The number of hydrogen-bond acceptors (Lipinski definition) is 7. The van der Waals surface area contributed by atoms with Crippen LogP contribution in [0.4, 0.5) is 0 Å². The van der Waals surface area contributed by atoms with Gasteiger partial charge in [-0.05, 0) is 18.6 Å². The van der Waals surface area contributed by atoms with Crippen LogP contribution in [0, 0.1) is 0 Å². The fraction of sp³-hybridized carbons (Fsp3) is 0.250. The molecule has 0 aromatic carbocycles. The molecule has 21 heavy (non-hydrogen) atoms. The zero-order chi connectivity index (χ0) is 14.8. The maximum atomic E-state index is 11.0. The number of aromatic carboxylic acids is 1. The highest BCUT2D eigenvalue weighted by Gasteiger charge is 2.19. The molecule has 0 fully saturated rings. The Balaban J connectivity index is 1.86. The largest absolute Gasteiger partial charge is 0.476 e. The van der Waals surface area contributed by atoms with Gasteiger partial charge in [-0.2, -0.15) is 4.98 Å². The van der Waals surface area contributed by atoms with E-state index in [-0.39, 0.29) is 18.1 Å². The summed E-state index contributed by atoms with van der Waals surface area (Å²) in [6.07, 6.45) is 1.99. The van der Waals surface area contributed by atoms with Crippen molar-refractivity contribution in [2.24, 2.45) is 0 Å². The van der Waals surface area contributed by atoms with Crippen molar-refractivity contribution >= 4 is 5.97 Å². The number of rotatable bonds is 5. The summed E-state index contributed by atoms with van der Waals surface area (Å²) in [7, 11) is 0. The second kappa shape index (κ2) is 5.19. The van der Waals surface area contributed by atoms with Crippen LogP contribution in [0.5, 0.6) is 0 Å². The lowest BCUT2D eigenvalue weighted by Crippen LogP contribution is -2.09. The topological polar surface area (TPSA) is 120 Å². The Hall–Kier alpha value is -2.97. The van der Waals surface area contributed by atoms with E-state index < -0.39 is 5.97 Å². The Bertz CT molecular complexity index is 759. The van der Waals surface area contributed by atoms with Crippen LogP contribution in [0.25, 0.3) is 11.7 Å². The van der Waals surface area contributed by atoms with E-state index in [0.717, 1.165) is 0 Å². The van der Waals surface area contributed by atoms with Gasteiger partial charge >= 0.3 is 5.97 Å². The lowest BCUT2D eigenvalue weighted by atomic mass is 10.2. The van der Waals surface area contributed by atoms with Crippen molar-refractivity contribution in [2.45, 2.75) is 19.9 Å². The fourth-order valence-corrected chi connectivity index (χ4v) is 1.93. The third kappa shape index (κ3) is 2.40. The zero-order valence-electron chi connectivity index (χ0n) is 11.1. The number of carboxylic acids is 1. The van der Waals surface area contributed by atoms with E-state index in [0.29, 0.717) is 23.7 Å². The molecule has 0 saturated carbocycles. The molecule has 0 aliphatic carbocycles. The van der Waals surface area contributed by atoms with Gasteiger partial charge in [0.15, 0.2) is 17.3 Å². The van der Waals surface area contributed by atoms with E-state index >= 15 is 0 Å². The fourth-order valence-electron chi connectivity index (χ4n) is 1.93. The van der Waals surface area contributed by atoms with Crippen LogP contribution in [0.2, 0.25) is 0 Å². The molecule has 0 unspecified atom stereocenters. The number of hydrogen-bond donors (Lipinski definition) is 1. The number of carbonyl (C=O) groups is 1. The number of furan rings is 1. The molecule has 0 bridgehead atoms. The van der Waals surface area contributed by atoms with E-state index in [1.807, 2.05) is 6.92 Å². The molecule has 3 heterocycles. The van der Waals surface area contributed by atoms with Gasteiger partial charge in [0, 0.05) is 0 Å². The summed E-state index contributed by atoms with van der Waals surface area (Å²) in [4.78, 5) is 15.2. The second-order valence-corrected chi connectivity index (χ2v) is 4.19. The van der Waals surface area contributed by atoms with Crippen molar-refractivity contribution in [3.05, 3.63) is 35.6 Å². The maximum Gasteiger partial charge on any atom is 0.358 e. The van der Waals surface area contributed by atoms with E-state index in [1.165, 1.54) is 10.9 Å². The summed E-state index contributed by atoms with van der Waals surface area (Å²) >= 11 is 0. The van der Waals surface area contributed by atoms with Gasteiger partial charge in [-0.25, -0.2) is 9.48 Å². The molecule has 3 rings (SSSR count). The smallest absolute Gasteiger partial charge is 0.358 e. The normalized spacial score (nSPS) is 10.9.